The number of likely N-dealkylation sites (tertiary alicyclic amines) is 1. The van der Waals surface area contributed by atoms with Crippen LogP contribution in [0.1, 0.15) is 31.4 Å². The molecule has 9 nitrogen and oxygen atoms in total. The molecular weight excluding hydrogens is 539 g/mol. The van der Waals surface area contributed by atoms with Crippen LogP contribution in [0.4, 0.5) is 0 Å². The first-order chi connectivity index (χ1) is 15.5. The van der Waals surface area contributed by atoms with Crippen molar-refractivity contribution in [2.75, 3.05) is 66.7 Å². The monoisotopic (exact) mass is 576 g/mol. The number of amides is 1. The molecule has 1 aromatic rings. The Morgan fingerprint density at radius 3 is 2.27 bits per heavy atom. The molecule has 1 unspecified atom stereocenters. The second-order valence-corrected chi connectivity index (χ2v) is 8.06. The highest BCUT2D eigenvalue weighted by molar-refractivity contribution is 14.0. The number of nitrogens with zero attached hydrogens (tertiary/aromatic N) is 3. The minimum absolute atomic E-state index is 0. The van der Waals surface area contributed by atoms with Crippen LogP contribution in [0.2, 0.25) is 0 Å². The number of guanidine groups is 1. The van der Waals surface area contributed by atoms with Gasteiger partial charge < -0.3 is 34.4 Å². The van der Waals surface area contributed by atoms with Crippen LogP contribution in [0, 0.1) is 5.92 Å². The average Bonchev–Trinajstić information content (AvgIpc) is 2.86. The van der Waals surface area contributed by atoms with E-state index in [2.05, 4.69) is 15.2 Å². The van der Waals surface area contributed by atoms with E-state index in [1.807, 2.05) is 11.8 Å². The normalized spacial score (nSPS) is 18.4. The molecule has 10 heteroatoms. The fourth-order valence-electron chi connectivity index (χ4n) is 4.11. The number of aliphatic hydroxyl groups excluding tert-OH is 1. The summed E-state index contributed by atoms with van der Waals surface area (Å²) in [5.41, 5.74) is 0.690. The number of ether oxygens (including phenoxy) is 3. The number of piperidine rings is 1. The van der Waals surface area contributed by atoms with Gasteiger partial charge in [-0.3, -0.25) is 9.79 Å². The number of aliphatic hydroxyl groups is 1. The van der Waals surface area contributed by atoms with Crippen molar-refractivity contribution in [1.82, 2.24) is 15.1 Å². The fraction of sp³-hybridized carbons (Fsp3) is 0.652. The summed E-state index contributed by atoms with van der Waals surface area (Å²) in [5.74, 6) is 2.32. The van der Waals surface area contributed by atoms with Crippen molar-refractivity contribution in [3.8, 4) is 11.5 Å². The number of halogens is 1. The van der Waals surface area contributed by atoms with Crippen molar-refractivity contribution in [2.45, 2.75) is 25.9 Å². The third kappa shape index (κ3) is 7.61. The molecule has 0 spiro atoms. The summed E-state index contributed by atoms with van der Waals surface area (Å²) in [4.78, 5) is 21.6. The third-order valence-electron chi connectivity index (χ3n) is 5.97. The van der Waals surface area contributed by atoms with Crippen molar-refractivity contribution in [3.63, 3.8) is 0 Å². The number of carbonyl (C=O) groups excluding carboxylic acids is 1. The van der Waals surface area contributed by atoms with E-state index < -0.39 is 6.10 Å². The largest absolute Gasteiger partial charge is 0.497 e. The van der Waals surface area contributed by atoms with Gasteiger partial charge in [0.2, 0.25) is 5.91 Å². The second kappa shape index (κ2) is 13.8. The number of morpholine rings is 1. The lowest BCUT2D eigenvalue weighted by atomic mass is 9.95. The second-order valence-electron chi connectivity index (χ2n) is 8.06. The summed E-state index contributed by atoms with van der Waals surface area (Å²) in [7, 11) is 3.17. The van der Waals surface area contributed by atoms with Crippen LogP contribution in [-0.2, 0) is 9.53 Å². The smallest absolute Gasteiger partial charge is 0.225 e. The first-order valence-electron chi connectivity index (χ1n) is 11.4. The van der Waals surface area contributed by atoms with Crippen LogP contribution in [-0.4, -0.2) is 93.5 Å². The summed E-state index contributed by atoms with van der Waals surface area (Å²) in [6.45, 7) is 7.12. The van der Waals surface area contributed by atoms with E-state index >= 15 is 0 Å². The Morgan fingerprint density at radius 1 is 1.12 bits per heavy atom. The number of nitrogens with one attached hydrogen (secondary N) is 1. The van der Waals surface area contributed by atoms with Gasteiger partial charge in [0, 0.05) is 44.7 Å². The SMILES string of the molecule is CCNC(=NCC(O)c1cc(OC)cc(OC)c1)N1CCC(C(=O)N2CCOCC2)CC1.I. The van der Waals surface area contributed by atoms with Gasteiger partial charge in [-0.05, 0) is 37.5 Å². The van der Waals surface area contributed by atoms with Crippen LogP contribution in [0.25, 0.3) is 0 Å². The van der Waals surface area contributed by atoms with Gasteiger partial charge in [-0.1, -0.05) is 0 Å². The highest BCUT2D eigenvalue weighted by Crippen LogP contribution is 2.27. The third-order valence-corrected chi connectivity index (χ3v) is 5.97. The molecule has 2 N–H and O–H groups in total. The van der Waals surface area contributed by atoms with Crippen molar-refractivity contribution >= 4 is 35.8 Å². The van der Waals surface area contributed by atoms with Crippen LogP contribution < -0.4 is 14.8 Å². The molecule has 0 aromatic heterocycles. The highest BCUT2D eigenvalue weighted by Gasteiger charge is 2.30. The zero-order chi connectivity index (χ0) is 22.9. The molecule has 1 aromatic carbocycles. The first-order valence-corrected chi connectivity index (χ1v) is 11.4. The molecule has 1 amide bonds. The molecule has 0 bridgehead atoms. The number of hydrogen-bond donors (Lipinski definition) is 2. The molecule has 0 saturated carbocycles. The van der Waals surface area contributed by atoms with Gasteiger partial charge in [0.05, 0.1) is 40.1 Å². The van der Waals surface area contributed by atoms with E-state index in [0.717, 1.165) is 38.4 Å². The number of hydrogen-bond acceptors (Lipinski definition) is 6. The van der Waals surface area contributed by atoms with Crippen LogP contribution >= 0.6 is 24.0 Å². The van der Waals surface area contributed by atoms with Gasteiger partial charge in [-0.2, -0.15) is 0 Å². The molecule has 1 atom stereocenters. The predicted molar refractivity (Wildman–Crippen MR) is 138 cm³/mol. The quantitative estimate of drug-likeness (QED) is 0.291. The van der Waals surface area contributed by atoms with E-state index in [1.165, 1.54) is 0 Å². The zero-order valence-electron chi connectivity index (χ0n) is 19.8. The summed E-state index contributed by atoms with van der Waals surface area (Å²) in [6, 6.07) is 5.35. The Balaban J connectivity index is 0.00000385. The van der Waals surface area contributed by atoms with Crippen LogP contribution in [0.15, 0.2) is 23.2 Å². The van der Waals surface area contributed by atoms with E-state index in [4.69, 9.17) is 14.2 Å². The number of aliphatic imine (C=N–C) groups is 1. The standard InChI is InChI=1S/C23H36N4O5.HI/c1-4-24-23(25-16-21(28)18-13-19(30-2)15-20(14-18)31-3)27-7-5-17(6-8-27)22(29)26-9-11-32-12-10-26;/h13-15,17,21,28H,4-12,16H2,1-3H3,(H,24,25);1H. The summed E-state index contributed by atoms with van der Waals surface area (Å²) in [6.07, 6.45) is 0.819. The summed E-state index contributed by atoms with van der Waals surface area (Å²) in [5, 5.41) is 14.0. The van der Waals surface area contributed by atoms with Crippen LogP contribution in [0.5, 0.6) is 11.5 Å². The molecule has 0 aliphatic carbocycles. The molecule has 0 radical (unpaired) electrons. The Bertz CT molecular complexity index is 758. The van der Waals surface area contributed by atoms with Crippen molar-refractivity contribution in [3.05, 3.63) is 23.8 Å². The minimum Gasteiger partial charge on any atom is -0.497 e. The maximum absolute atomic E-state index is 12.8. The molecule has 2 aliphatic rings. The minimum atomic E-state index is -0.784. The van der Waals surface area contributed by atoms with E-state index in [-0.39, 0.29) is 42.3 Å². The number of rotatable bonds is 7. The molecular formula is C23H37IN4O5. The average molecular weight is 576 g/mol. The fourth-order valence-corrected chi connectivity index (χ4v) is 4.11. The van der Waals surface area contributed by atoms with E-state index in [9.17, 15) is 9.90 Å². The molecule has 186 valence electrons. The topological polar surface area (TPSA) is 95.9 Å². The Labute approximate surface area is 213 Å². The number of carbonyl (C=O) groups is 1. The van der Waals surface area contributed by atoms with Gasteiger partial charge in [0.15, 0.2) is 5.96 Å². The van der Waals surface area contributed by atoms with Gasteiger partial charge in [-0.25, -0.2) is 0 Å². The van der Waals surface area contributed by atoms with Crippen LogP contribution in [0.3, 0.4) is 0 Å². The molecule has 3 rings (SSSR count). The van der Waals surface area contributed by atoms with Gasteiger partial charge in [0.25, 0.3) is 0 Å². The van der Waals surface area contributed by atoms with Crippen molar-refractivity contribution in [2.24, 2.45) is 10.9 Å². The predicted octanol–water partition coefficient (Wildman–Crippen LogP) is 1.89. The number of methoxy groups -OCH3 is 2. The number of benzene rings is 1. The van der Waals surface area contributed by atoms with Gasteiger partial charge in [0.1, 0.15) is 11.5 Å². The molecule has 2 aliphatic heterocycles. The van der Waals surface area contributed by atoms with Gasteiger partial charge in [-0.15, -0.1) is 24.0 Å². The van der Waals surface area contributed by atoms with Crippen molar-refractivity contribution in [1.29, 1.82) is 0 Å². The molecule has 33 heavy (non-hydrogen) atoms. The Morgan fingerprint density at radius 2 is 1.73 bits per heavy atom. The Kier molecular flexibility index (Phi) is 11.5. The molecule has 2 heterocycles. The Hall–Kier alpha value is -1.79. The lowest BCUT2D eigenvalue weighted by Gasteiger charge is -2.36. The summed E-state index contributed by atoms with van der Waals surface area (Å²) < 4.78 is 15.9. The maximum atomic E-state index is 12.8. The zero-order valence-corrected chi connectivity index (χ0v) is 22.1. The maximum Gasteiger partial charge on any atom is 0.225 e. The summed E-state index contributed by atoms with van der Waals surface area (Å²) >= 11 is 0. The molecule has 2 fully saturated rings. The van der Waals surface area contributed by atoms with Crippen molar-refractivity contribution < 1.29 is 24.1 Å². The van der Waals surface area contributed by atoms with E-state index in [0.29, 0.717) is 43.4 Å². The highest BCUT2D eigenvalue weighted by atomic mass is 127. The molecule has 2 saturated heterocycles. The van der Waals surface area contributed by atoms with E-state index in [1.54, 1.807) is 32.4 Å². The first kappa shape index (κ1) is 27.5. The lowest BCUT2D eigenvalue weighted by Crippen LogP contribution is -2.50. The lowest BCUT2D eigenvalue weighted by molar-refractivity contribution is -0.140. The van der Waals surface area contributed by atoms with Gasteiger partial charge >= 0.3 is 0 Å².